The highest BCUT2D eigenvalue weighted by molar-refractivity contribution is 6.42. The number of aromatic amines is 1. The Bertz CT molecular complexity index is 1410. The summed E-state index contributed by atoms with van der Waals surface area (Å²) in [5.74, 6) is 0.816. The van der Waals surface area contributed by atoms with Crippen LogP contribution in [0.4, 0.5) is 10.7 Å². The predicted octanol–water partition coefficient (Wildman–Crippen LogP) is 5.32. The molecule has 216 valence electrons. The van der Waals surface area contributed by atoms with E-state index in [-0.39, 0.29) is 17.7 Å². The van der Waals surface area contributed by atoms with Gasteiger partial charge in [-0.2, -0.15) is 5.10 Å². The molecule has 12 heteroatoms. The molecule has 2 N–H and O–H groups in total. The van der Waals surface area contributed by atoms with Gasteiger partial charge in [0.15, 0.2) is 5.52 Å². The second kappa shape index (κ2) is 12.0. The summed E-state index contributed by atoms with van der Waals surface area (Å²) in [5.41, 5.74) is 1.28. The fourth-order valence-electron chi connectivity index (χ4n) is 5.58. The van der Waals surface area contributed by atoms with Crippen LogP contribution >= 0.6 is 23.2 Å². The summed E-state index contributed by atoms with van der Waals surface area (Å²) in [6.07, 6.45) is 5.36. The molecule has 2 aliphatic rings. The molecule has 1 aromatic carbocycles. The molecule has 2 saturated heterocycles. The Morgan fingerprint density at radius 1 is 1.15 bits per heavy atom. The molecule has 0 radical (unpaired) electrons. The van der Waals surface area contributed by atoms with Gasteiger partial charge < -0.3 is 19.9 Å². The van der Waals surface area contributed by atoms with Crippen LogP contribution in [0.25, 0.3) is 11.0 Å². The number of nitrogens with zero attached hydrogens (tertiary/aromatic N) is 5. The van der Waals surface area contributed by atoms with Crippen molar-refractivity contribution < 1.29 is 9.53 Å². The van der Waals surface area contributed by atoms with Crippen molar-refractivity contribution in [2.75, 3.05) is 38.0 Å². The number of halogens is 2. The quantitative estimate of drug-likeness (QED) is 0.400. The lowest BCUT2D eigenvalue weighted by Crippen LogP contribution is -2.46. The van der Waals surface area contributed by atoms with Crippen molar-refractivity contribution >= 4 is 46.3 Å². The minimum atomic E-state index is -0.482. The van der Waals surface area contributed by atoms with Gasteiger partial charge in [-0.1, -0.05) is 29.3 Å². The molecule has 0 spiro atoms. The molecule has 1 unspecified atom stereocenters. The number of benzene rings is 1. The molecular formula is C28H37Cl2N7O3. The van der Waals surface area contributed by atoms with Crippen LogP contribution in [0.1, 0.15) is 58.1 Å². The Balaban J connectivity index is 1.16. The molecule has 1 atom stereocenters. The van der Waals surface area contributed by atoms with Gasteiger partial charge in [0.05, 0.1) is 22.3 Å². The minimum Gasteiger partial charge on any atom is -0.444 e. The van der Waals surface area contributed by atoms with E-state index in [1.807, 2.05) is 36.4 Å². The van der Waals surface area contributed by atoms with E-state index in [0.29, 0.717) is 39.5 Å². The maximum absolute atomic E-state index is 13.0. The van der Waals surface area contributed by atoms with Gasteiger partial charge in [-0.15, -0.1) is 0 Å². The Morgan fingerprint density at radius 2 is 1.93 bits per heavy atom. The number of hydrogen-bond acceptors (Lipinski definition) is 7. The zero-order valence-electron chi connectivity index (χ0n) is 23.3. The molecule has 2 aliphatic heterocycles. The van der Waals surface area contributed by atoms with E-state index >= 15 is 0 Å². The van der Waals surface area contributed by atoms with Crippen LogP contribution in [0.2, 0.25) is 10.0 Å². The van der Waals surface area contributed by atoms with Crippen LogP contribution in [-0.2, 0) is 11.3 Å². The van der Waals surface area contributed by atoms with Crippen molar-refractivity contribution in [2.45, 2.75) is 64.6 Å². The second-order valence-electron chi connectivity index (χ2n) is 11.8. The van der Waals surface area contributed by atoms with Gasteiger partial charge in [-0.05, 0) is 70.1 Å². The Kier molecular flexibility index (Phi) is 8.58. The summed E-state index contributed by atoms with van der Waals surface area (Å²) in [7, 11) is 0. The van der Waals surface area contributed by atoms with Crippen LogP contribution in [0.5, 0.6) is 0 Å². The molecule has 2 fully saturated rings. The number of fused-ring (bicyclic) bond motifs is 1. The normalized spacial score (nSPS) is 19.2. The maximum Gasteiger partial charge on any atom is 0.410 e. The highest BCUT2D eigenvalue weighted by Crippen LogP contribution is 2.27. The number of piperidine rings is 2. The Hall–Kier alpha value is -2.82. The molecule has 1 amide bonds. The zero-order valence-corrected chi connectivity index (χ0v) is 24.8. The standard InChI is InChI=1S/C28H37Cl2N7O3/c1-28(2,3)40-27(39)36-10-4-5-19(17-36)16-35-11-8-20(9-12-35)37-24-23(15-32-37)33-26(34-25(24)38)31-14-18-6-7-21(29)22(30)13-18/h6-7,13,15,19-20H,4-5,8-12,14,16-17H2,1-3H3,(H2,31,33,34,38). The van der Waals surface area contributed by atoms with E-state index in [0.717, 1.165) is 64.0 Å². The first-order chi connectivity index (χ1) is 19.1. The Labute approximate surface area is 244 Å². The summed E-state index contributed by atoms with van der Waals surface area (Å²) in [4.78, 5) is 37.3. The van der Waals surface area contributed by atoms with Crippen molar-refractivity contribution in [2.24, 2.45) is 5.92 Å². The highest BCUT2D eigenvalue weighted by Gasteiger charge is 2.30. The number of anilines is 1. The van der Waals surface area contributed by atoms with Crippen LogP contribution in [0.15, 0.2) is 29.2 Å². The van der Waals surface area contributed by atoms with Crippen molar-refractivity contribution in [1.29, 1.82) is 0 Å². The number of rotatable bonds is 6. The van der Waals surface area contributed by atoms with Crippen LogP contribution in [0, 0.1) is 5.92 Å². The SMILES string of the molecule is CC(C)(C)OC(=O)N1CCCC(CN2CCC(n3ncc4nc(NCc5ccc(Cl)c(Cl)c5)[nH]c(=O)c43)CC2)C1. The smallest absolute Gasteiger partial charge is 0.410 e. The first kappa shape index (κ1) is 28.7. The van der Waals surface area contributed by atoms with Crippen molar-refractivity contribution in [3.63, 3.8) is 0 Å². The number of amides is 1. The summed E-state index contributed by atoms with van der Waals surface area (Å²) >= 11 is 12.1. The predicted molar refractivity (Wildman–Crippen MR) is 157 cm³/mol. The van der Waals surface area contributed by atoms with Gasteiger partial charge in [0.1, 0.15) is 11.1 Å². The lowest BCUT2D eigenvalue weighted by molar-refractivity contribution is 0.0136. The van der Waals surface area contributed by atoms with Crippen LogP contribution in [-0.4, -0.2) is 74.0 Å². The molecule has 10 nitrogen and oxygen atoms in total. The average molecular weight is 591 g/mol. The van der Waals surface area contributed by atoms with E-state index in [2.05, 4.69) is 25.3 Å². The van der Waals surface area contributed by atoms with Crippen LogP contribution in [0.3, 0.4) is 0 Å². The van der Waals surface area contributed by atoms with Crippen LogP contribution < -0.4 is 10.9 Å². The maximum atomic E-state index is 13.0. The third-order valence-electron chi connectivity index (χ3n) is 7.49. The van der Waals surface area contributed by atoms with E-state index < -0.39 is 5.60 Å². The molecule has 4 heterocycles. The second-order valence-corrected chi connectivity index (χ2v) is 12.6. The van der Waals surface area contributed by atoms with Crippen molar-refractivity contribution in [1.82, 2.24) is 29.5 Å². The van der Waals surface area contributed by atoms with Gasteiger partial charge >= 0.3 is 6.09 Å². The fourth-order valence-corrected chi connectivity index (χ4v) is 5.91. The first-order valence-electron chi connectivity index (χ1n) is 13.9. The topological polar surface area (TPSA) is 108 Å². The number of nitrogens with one attached hydrogen (secondary N) is 2. The number of H-pyrrole nitrogens is 1. The van der Waals surface area contributed by atoms with Gasteiger partial charge in [0.2, 0.25) is 5.95 Å². The third kappa shape index (κ3) is 6.90. The monoisotopic (exact) mass is 589 g/mol. The van der Waals surface area contributed by atoms with E-state index in [1.54, 1.807) is 18.3 Å². The summed E-state index contributed by atoms with van der Waals surface area (Å²) in [5, 5.41) is 8.68. The molecule has 0 aliphatic carbocycles. The Morgan fingerprint density at radius 3 is 2.65 bits per heavy atom. The molecule has 3 aromatic rings. The molecular weight excluding hydrogens is 553 g/mol. The summed E-state index contributed by atoms with van der Waals surface area (Å²) in [6, 6.07) is 5.52. The summed E-state index contributed by atoms with van der Waals surface area (Å²) < 4.78 is 7.42. The molecule has 5 rings (SSSR count). The highest BCUT2D eigenvalue weighted by atomic mass is 35.5. The number of carbonyl (C=O) groups excluding carboxylic acids is 1. The number of ether oxygens (including phenoxy) is 1. The lowest BCUT2D eigenvalue weighted by Gasteiger charge is -2.38. The molecule has 2 aromatic heterocycles. The number of carbonyl (C=O) groups is 1. The minimum absolute atomic E-state index is 0.135. The third-order valence-corrected chi connectivity index (χ3v) is 8.23. The zero-order chi connectivity index (χ0) is 28.4. The van der Waals surface area contributed by atoms with Crippen molar-refractivity contribution in [3.8, 4) is 0 Å². The largest absolute Gasteiger partial charge is 0.444 e. The van der Waals surface area contributed by atoms with Crippen molar-refractivity contribution in [3.05, 3.63) is 50.4 Å². The van der Waals surface area contributed by atoms with E-state index in [4.69, 9.17) is 27.9 Å². The van der Waals surface area contributed by atoms with Gasteiger partial charge in [0.25, 0.3) is 5.56 Å². The lowest BCUT2D eigenvalue weighted by atomic mass is 9.96. The number of aromatic nitrogens is 4. The fraction of sp³-hybridized carbons (Fsp3) is 0.571. The van der Waals surface area contributed by atoms with E-state index in [9.17, 15) is 9.59 Å². The summed E-state index contributed by atoms with van der Waals surface area (Å²) in [6.45, 7) is 10.4. The van der Waals surface area contributed by atoms with E-state index in [1.165, 1.54) is 0 Å². The van der Waals surface area contributed by atoms with Gasteiger partial charge in [-0.25, -0.2) is 9.78 Å². The van der Waals surface area contributed by atoms with Gasteiger partial charge in [-0.3, -0.25) is 14.5 Å². The first-order valence-corrected chi connectivity index (χ1v) is 14.7. The molecule has 40 heavy (non-hydrogen) atoms. The molecule has 0 bridgehead atoms. The number of likely N-dealkylation sites (tertiary alicyclic amines) is 2. The van der Waals surface area contributed by atoms with Gasteiger partial charge in [0, 0.05) is 39.3 Å². The number of hydrogen-bond donors (Lipinski definition) is 2. The average Bonchev–Trinajstić information content (AvgIpc) is 3.34. The molecule has 0 saturated carbocycles.